The summed E-state index contributed by atoms with van der Waals surface area (Å²) in [5, 5.41) is 3.97. The third-order valence-electron chi connectivity index (χ3n) is 4.03. The number of aromatic nitrogens is 3. The summed E-state index contributed by atoms with van der Waals surface area (Å²) in [6.07, 6.45) is 3.97. The molecule has 130 valence electrons. The molecule has 0 aliphatic carbocycles. The van der Waals surface area contributed by atoms with Gasteiger partial charge in [0.15, 0.2) is 9.84 Å². The Morgan fingerprint density at radius 1 is 1.46 bits per heavy atom. The van der Waals surface area contributed by atoms with Gasteiger partial charge in [-0.3, -0.25) is 9.88 Å². The van der Waals surface area contributed by atoms with Gasteiger partial charge in [-0.2, -0.15) is 4.98 Å². The first-order valence-electron chi connectivity index (χ1n) is 7.74. The summed E-state index contributed by atoms with van der Waals surface area (Å²) in [4.78, 5) is 10.5. The molecule has 0 saturated carbocycles. The summed E-state index contributed by atoms with van der Waals surface area (Å²) in [6.45, 7) is 1.53. The van der Waals surface area contributed by atoms with Crippen LogP contribution in [0.5, 0.6) is 0 Å². The molecule has 1 fully saturated rings. The zero-order valence-electron chi connectivity index (χ0n) is 13.5. The Bertz CT molecular complexity index is 763. The van der Waals surface area contributed by atoms with Crippen LogP contribution in [0.3, 0.4) is 0 Å². The SMILES string of the molecule is COCCN(Cc1nc(-c2cccnc2)no1)C1CCS(=O)(=O)C1. The molecule has 1 saturated heterocycles. The molecule has 0 spiro atoms. The first kappa shape index (κ1) is 17.0. The van der Waals surface area contributed by atoms with Crippen molar-refractivity contribution < 1.29 is 17.7 Å². The Labute approximate surface area is 140 Å². The number of methoxy groups -OCH3 is 1. The highest BCUT2D eigenvalue weighted by atomic mass is 32.2. The number of sulfone groups is 1. The molecule has 2 aromatic heterocycles. The van der Waals surface area contributed by atoms with Crippen molar-refractivity contribution in [3.63, 3.8) is 0 Å². The molecule has 1 atom stereocenters. The lowest BCUT2D eigenvalue weighted by molar-refractivity contribution is 0.112. The number of nitrogens with zero attached hydrogens (tertiary/aromatic N) is 4. The first-order chi connectivity index (χ1) is 11.6. The summed E-state index contributed by atoms with van der Waals surface area (Å²) >= 11 is 0. The van der Waals surface area contributed by atoms with E-state index in [9.17, 15) is 8.42 Å². The molecule has 0 bridgehead atoms. The number of hydrogen-bond acceptors (Lipinski definition) is 8. The number of pyridine rings is 1. The third kappa shape index (κ3) is 4.16. The molecule has 0 radical (unpaired) electrons. The van der Waals surface area contributed by atoms with Crippen LogP contribution in [0.4, 0.5) is 0 Å². The summed E-state index contributed by atoms with van der Waals surface area (Å²) in [6, 6.07) is 3.62. The van der Waals surface area contributed by atoms with E-state index < -0.39 is 9.84 Å². The van der Waals surface area contributed by atoms with E-state index in [1.165, 1.54) is 0 Å². The van der Waals surface area contributed by atoms with Crippen molar-refractivity contribution >= 4 is 9.84 Å². The molecule has 24 heavy (non-hydrogen) atoms. The van der Waals surface area contributed by atoms with Gasteiger partial charge in [0, 0.05) is 37.7 Å². The maximum Gasteiger partial charge on any atom is 0.241 e. The van der Waals surface area contributed by atoms with Crippen LogP contribution in [-0.4, -0.2) is 66.3 Å². The molecule has 0 amide bonds. The molecular formula is C15H20N4O4S. The van der Waals surface area contributed by atoms with E-state index in [0.717, 1.165) is 5.56 Å². The summed E-state index contributed by atoms with van der Waals surface area (Å²) < 4.78 is 33.9. The highest BCUT2D eigenvalue weighted by Gasteiger charge is 2.32. The fraction of sp³-hybridized carbons (Fsp3) is 0.533. The zero-order chi connectivity index (χ0) is 17.0. The van der Waals surface area contributed by atoms with E-state index >= 15 is 0 Å². The molecule has 8 nitrogen and oxygen atoms in total. The largest absolute Gasteiger partial charge is 0.383 e. The minimum atomic E-state index is -2.95. The van der Waals surface area contributed by atoms with Crippen LogP contribution in [0.25, 0.3) is 11.4 Å². The highest BCUT2D eigenvalue weighted by Crippen LogP contribution is 2.20. The lowest BCUT2D eigenvalue weighted by Gasteiger charge is -2.25. The Morgan fingerprint density at radius 3 is 3.00 bits per heavy atom. The third-order valence-corrected chi connectivity index (χ3v) is 5.78. The molecular weight excluding hydrogens is 332 g/mol. The van der Waals surface area contributed by atoms with Crippen molar-refractivity contribution in [2.45, 2.75) is 19.0 Å². The molecule has 0 N–H and O–H groups in total. The monoisotopic (exact) mass is 352 g/mol. The Kier molecular flexibility index (Phi) is 5.22. The van der Waals surface area contributed by atoms with E-state index in [2.05, 4.69) is 15.1 Å². The maximum atomic E-state index is 11.7. The van der Waals surface area contributed by atoms with Crippen LogP contribution in [0, 0.1) is 0 Å². The molecule has 0 aromatic carbocycles. The van der Waals surface area contributed by atoms with Crippen LogP contribution >= 0.6 is 0 Å². The molecule has 3 rings (SSSR count). The predicted octanol–water partition coefficient (Wildman–Crippen LogP) is 0.767. The Hall–Kier alpha value is -1.84. The smallest absolute Gasteiger partial charge is 0.241 e. The normalized spacial score (nSPS) is 19.8. The van der Waals surface area contributed by atoms with E-state index in [4.69, 9.17) is 9.26 Å². The number of ether oxygens (including phenoxy) is 1. The number of rotatable bonds is 7. The van der Waals surface area contributed by atoms with Crippen molar-refractivity contribution in [2.24, 2.45) is 0 Å². The quantitative estimate of drug-likeness (QED) is 0.720. The molecule has 1 aliphatic heterocycles. The topological polar surface area (TPSA) is 98.4 Å². The molecule has 1 aliphatic rings. The van der Waals surface area contributed by atoms with E-state index in [1.54, 1.807) is 25.6 Å². The standard InChI is InChI=1S/C15H20N4O4S/c1-22-7-6-19(13-4-8-24(20,21)11-13)10-14-17-15(18-23-14)12-3-2-5-16-9-12/h2-3,5,9,13H,4,6-8,10-11H2,1H3. The summed E-state index contributed by atoms with van der Waals surface area (Å²) in [5.41, 5.74) is 0.777. The number of hydrogen-bond donors (Lipinski definition) is 0. The second-order valence-electron chi connectivity index (χ2n) is 5.77. The van der Waals surface area contributed by atoms with Crippen molar-refractivity contribution in [3.05, 3.63) is 30.4 Å². The maximum absolute atomic E-state index is 11.7. The van der Waals surface area contributed by atoms with Gasteiger partial charge in [-0.1, -0.05) is 5.16 Å². The lowest BCUT2D eigenvalue weighted by atomic mass is 10.2. The van der Waals surface area contributed by atoms with Crippen LogP contribution in [-0.2, 0) is 21.1 Å². The molecule has 3 heterocycles. The van der Waals surface area contributed by atoms with Gasteiger partial charge in [0.25, 0.3) is 0 Å². The molecule has 1 unspecified atom stereocenters. The lowest BCUT2D eigenvalue weighted by Crippen LogP contribution is -2.38. The average Bonchev–Trinajstić information content (AvgIpc) is 3.18. The minimum absolute atomic E-state index is 0.0427. The van der Waals surface area contributed by atoms with Crippen molar-refractivity contribution in [2.75, 3.05) is 31.8 Å². The Balaban J connectivity index is 1.72. The van der Waals surface area contributed by atoms with Gasteiger partial charge in [-0.15, -0.1) is 0 Å². The Morgan fingerprint density at radius 2 is 2.33 bits per heavy atom. The second kappa shape index (κ2) is 7.37. The minimum Gasteiger partial charge on any atom is -0.383 e. The van der Waals surface area contributed by atoms with Crippen LogP contribution in [0.2, 0.25) is 0 Å². The van der Waals surface area contributed by atoms with Crippen LogP contribution < -0.4 is 0 Å². The van der Waals surface area contributed by atoms with Crippen molar-refractivity contribution in [1.82, 2.24) is 20.0 Å². The van der Waals surface area contributed by atoms with E-state index in [1.807, 2.05) is 11.0 Å². The molecule has 9 heteroatoms. The second-order valence-corrected chi connectivity index (χ2v) is 8.00. The van der Waals surface area contributed by atoms with Gasteiger partial charge in [0.1, 0.15) is 0 Å². The van der Waals surface area contributed by atoms with Gasteiger partial charge in [0.05, 0.1) is 24.7 Å². The van der Waals surface area contributed by atoms with Gasteiger partial charge < -0.3 is 9.26 Å². The molecule has 2 aromatic rings. The van der Waals surface area contributed by atoms with Gasteiger partial charge >= 0.3 is 0 Å². The first-order valence-corrected chi connectivity index (χ1v) is 9.56. The fourth-order valence-corrected chi connectivity index (χ4v) is 4.53. The van der Waals surface area contributed by atoms with Crippen molar-refractivity contribution in [1.29, 1.82) is 0 Å². The predicted molar refractivity (Wildman–Crippen MR) is 86.9 cm³/mol. The fourth-order valence-electron chi connectivity index (χ4n) is 2.77. The van der Waals surface area contributed by atoms with Crippen LogP contribution in [0.15, 0.2) is 29.0 Å². The van der Waals surface area contributed by atoms with Gasteiger partial charge in [-0.05, 0) is 18.6 Å². The summed E-state index contributed by atoms with van der Waals surface area (Å²) in [7, 11) is -1.33. The van der Waals surface area contributed by atoms with Gasteiger partial charge in [-0.25, -0.2) is 8.42 Å². The van der Waals surface area contributed by atoms with Gasteiger partial charge in [0.2, 0.25) is 11.7 Å². The zero-order valence-corrected chi connectivity index (χ0v) is 14.3. The van der Waals surface area contributed by atoms with Crippen molar-refractivity contribution in [3.8, 4) is 11.4 Å². The van der Waals surface area contributed by atoms with E-state index in [-0.39, 0.29) is 17.5 Å². The highest BCUT2D eigenvalue weighted by molar-refractivity contribution is 7.91. The average molecular weight is 352 g/mol. The van der Waals surface area contributed by atoms with Crippen LogP contribution in [0.1, 0.15) is 12.3 Å². The van der Waals surface area contributed by atoms with E-state index in [0.29, 0.717) is 37.8 Å². The summed E-state index contributed by atoms with van der Waals surface area (Å²) in [5.74, 6) is 1.32.